The molecule has 0 aliphatic heterocycles. The van der Waals surface area contributed by atoms with Crippen LogP contribution in [0.1, 0.15) is 18.1 Å². The smallest absolute Gasteiger partial charge is 0.221 e. The second-order valence-corrected chi connectivity index (χ2v) is 7.01. The molecule has 30 heavy (non-hydrogen) atoms. The molecule has 0 atom stereocenters. The van der Waals surface area contributed by atoms with E-state index in [2.05, 4.69) is 10.6 Å². The standard InChI is InChI=1S/C23H22ClFN2O3/c1-15(28)27-19-9-7-18(8-10-19)26-13-16-11-20(24)23(22(12-16)29-2)30-14-17-5-3-4-6-21(17)25/h3-12,26H,13-14H2,1-2H3,(H,27,28). The Morgan fingerprint density at radius 2 is 1.77 bits per heavy atom. The van der Waals surface area contributed by atoms with Crippen LogP contribution in [0.4, 0.5) is 15.8 Å². The van der Waals surface area contributed by atoms with E-state index < -0.39 is 0 Å². The van der Waals surface area contributed by atoms with Crippen molar-refractivity contribution in [3.05, 3.63) is 82.6 Å². The highest BCUT2D eigenvalue weighted by molar-refractivity contribution is 6.32. The number of rotatable bonds is 8. The van der Waals surface area contributed by atoms with E-state index in [1.54, 1.807) is 24.3 Å². The van der Waals surface area contributed by atoms with Crippen molar-refractivity contribution in [1.82, 2.24) is 0 Å². The molecule has 0 bridgehead atoms. The van der Waals surface area contributed by atoms with Gasteiger partial charge in [0.25, 0.3) is 0 Å². The molecule has 3 rings (SSSR count). The highest BCUT2D eigenvalue weighted by Gasteiger charge is 2.13. The zero-order valence-electron chi connectivity index (χ0n) is 16.7. The molecule has 0 aliphatic carbocycles. The van der Waals surface area contributed by atoms with E-state index in [9.17, 15) is 9.18 Å². The van der Waals surface area contributed by atoms with E-state index in [0.29, 0.717) is 28.6 Å². The summed E-state index contributed by atoms with van der Waals surface area (Å²) in [5.41, 5.74) is 2.94. The van der Waals surface area contributed by atoms with E-state index in [-0.39, 0.29) is 18.3 Å². The number of methoxy groups -OCH3 is 1. The van der Waals surface area contributed by atoms with Gasteiger partial charge in [0.15, 0.2) is 11.5 Å². The topological polar surface area (TPSA) is 59.6 Å². The fourth-order valence-corrected chi connectivity index (χ4v) is 3.15. The van der Waals surface area contributed by atoms with Gasteiger partial charge < -0.3 is 20.1 Å². The van der Waals surface area contributed by atoms with Gasteiger partial charge in [0.2, 0.25) is 5.91 Å². The van der Waals surface area contributed by atoms with Gasteiger partial charge in [-0.25, -0.2) is 4.39 Å². The van der Waals surface area contributed by atoms with Gasteiger partial charge in [-0.15, -0.1) is 0 Å². The Balaban J connectivity index is 1.67. The van der Waals surface area contributed by atoms with Crippen LogP contribution in [0.5, 0.6) is 11.5 Å². The number of amides is 1. The van der Waals surface area contributed by atoms with Crippen LogP contribution in [0.2, 0.25) is 5.02 Å². The largest absolute Gasteiger partial charge is 0.493 e. The quantitative estimate of drug-likeness (QED) is 0.487. The minimum atomic E-state index is -0.335. The highest BCUT2D eigenvalue weighted by Crippen LogP contribution is 2.37. The first-order valence-corrected chi connectivity index (χ1v) is 9.68. The van der Waals surface area contributed by atoms with Gasteiger partial charge >= 0.3 is 0 Å². The molecule has 156 valence electrons. The SMILES string of the molecule is COc1cc(CNc2ccc(NC(C)=O)cc2)cc(Cl)c1OCc1ccccc1F. The molecule has 1 amide bonds. The number of hydrogen-bond acceptors (Lipinski definition) is 4. The predicted octanol–water partition coefficient (Wildman–Crippen LogP) is 5.64. The molecular formula is C23H22ClFN2O3. The third-order valence-electron chi connectivity index (χ3n) is 4.32. The number of carbonyl (C=O) groups is 1. The van der Waals surface area contributed by atoms with Crippen molar-refractivity contribution in [3.63, 3.8) is 0 Å². The number of carbonyl (C=O) groups excluding carboxylic acids is 1. The molecule has 0 unspecified atom stereocenters. The van der Waals surface area contributed by atoms with Crippen LogP contribution >= 0.6 is 11.6 Å². The van der Waals surface area contributed by atoms with Crippen LogP contribution in [0.25, 0.3) is 0 Å². The number of nitrogens with one attached hydrogen (secondary N) is 2. The maximum atomic E-state index is 13.8. The normalized spacial score (nSPS) is 10.4. The molecule has 7 heteroatoms. The van der Waals surface area contributed by atoms with Crippen molar-refractivity contribution in [3.8, 4) is 11.5 Å². The molecule has 3 aromatic rings. The Morgan fingerprint density at radius 1 is 1.07 bits per heavy atom. The van der Waals surface area contributed by atoms with Gasteiger partial charge in [-0.2, -0.15) is 0 Å². The molecule has 2 N–H and O–H groups in total. The molecule has 5 nitrogen and oxygen atoms in total. The lowest BCUT2D eigenvalue weighted by Gasteiger charge is -2.15. The average molecular weight is 429 g/mol. The summed E-state index contributed by atoms with van der Waals surface area (Å²) in [6, 6.07) is 17.4. The molecule has 0 radical (unpaired) electrons. The molecule has 0 fully saturated rings. The van der Waals surface area contributed by atoms with E-state index in [0.717, 1.165) is 16.9 Å². The summed E-state index contributed by atoms with van der Waals surface area (Å²) in [6.45, 7) is 2.01. The fraction of sp³-hybridized carbons (Fsp3) is 0.174. The molecule has 3 aromatic carbocycles. The summed E-state index contributed by atoms with van der Waals surface area (Å²) in [5, 5.41) is 6.39. The molecule has 0 aliphatic rings. The second kappa shape index (κ2) is 9.98. The van der Waals surface area contributed by atoms with Gasteiger partial charge in [0, 0.05) is 30.4 Å². The monoisotopic (exact) mass is 428 g/mol. The van der Waals surface area contributed by atoms with E-state index in [1.807, 2.05) is 30.3 Å². The third-order valence-corrected chi connectivity index (χ3v) is 4.60. The summed E-state index contributed by atoms with van der Waals surface area (Å²) in [5.74, 6) is 0.384. The molecule has 0 heterocycles. The minimum Gasteiger partial charge on any atom is -0.493 e. The Morgan fingerprint density at radius 3 is 2.43 bits per heavy atom. The van der Waals surface area contributed by atoms with Crippen molar-refractivity contribution in [2.45, 2.75) is 20.1 Å². The first kappa shape index (κ1) is 21.5. The maximum absolute atomic E-state index is 13.8. The number of benzene rings is 3. The summed E-state index contributed by atoms with van der Waals surface area (Å²) < 4.78 is 25.0. The van der Waals surface area contributed by atoms with Crippen molar-refractivity contribution >= 4 is 28.9 Å². The molecule has 0 saturated carbocycles. The van der Waals surface area contributed by atoms with Crippen LogP contribution in [0.3, 0.4) is 0 Å². The van der Waals surface area contributed by atoms with Crippen LogP contribution in [0, 0.1) is 5.82 Å². The summed E-state index contributed by atoms with van der Waals surface area (Å²) >= 11 is 6.40. The minimum absolute atomic E-state index is 0.0427. The third kappa shape index (κ3) is 5.64. The van der Waals surface area contributed by atoms with Crippen LogP contribution in [-0.4, -0.2) is 13.0 Å². The van der Waals surface area contributed by atoms with E-state index in [4.69, 9.17) is 21.1 Å². The van der Waals surface area contributed by atoms with Gasteiger partial charge in [0.05, 0.1) is 12.1 Å². The molecular weight excluding hydrogens is 407 g/mol. The highest BCUT2D eigenvalue weighted by atomic mass is 35.5. The second-order valence-electron chi connectivity index (χ2n) is 6.60. The van der Waals surface area contributed by atoms with Crippen molar-refractivity contribution in [2.75, 3.05) is 17.7 Å². The van der Waals surface area contributed by atoms with Gasteiger partial charge in [-0.3, -0.25) is 4.79 Å². The maximum Gasteiger partial charge on any atom is 0.221 e. The summed E-state index contributed by atoms with van der Waals surface area (Å²) in [6.07, 6.45) is 0. The summed E-state index contributed by atoms with van der Waals surface area (Å²) in [7, 11) is 1.53. The number of ether oxygens (including phenoxy) is 2. The van der Waals surface area contributed by atoms with Gasteiger partial charge in [-0.1, -0.05) is 29.8 Å². The lowest BCUT2D eigenvalue weighted by atomic mass is 10.2. The first-order valence-electron chi connectivity index (χ1n) is 9.30. The number of halogens is 2. The molecule has 0 spiro atoms. The lowest BCUT2D eigenvalue weighted by molar-refractivity contribution is -0.114. The Bertz CT molecular complexity index is 1030. The van der Waals surface area contributed by atoms with Gasteiger partial charge in [-0.05, 0) is 48.0 Å². The van der Waals surface area contributed by atoms with Crippen LogP contribution in [-0.2, 0) is 17.9 Å². The van der Waals surface area contributed by atoms with Crippen molar-refractivity contribution in [2.24, 2.45) is 0 Å². The zero-order valence-corrected chi connectivity index (χ0v) is 17.4. The summed E-state index contributed by atoms with van der Waals surface area (Å²) in [4.78, 5) is 11.1. The average Bonchev–Trinajstić information content (AvgIpc) is 2.72. The lowest BCUT2D eigenvalue weighted by Crippen LogP contribution is -2.06. The van der Waals surface area contributed by atoms with Crippen LogP contribution < -0.4 is 20.1 Å². The predicted molar refractivity (Wildman–Crippen MR) is 117 cm³/mol. The fourth-order valence-electron chi connectivity index (χ4n) is 2.86. The van der Waals surface area contributed by atoms with Crippen molar-refractivity contribution < 1.29 is 18.7 Å². The van der Waals surface area contributed by atoms with E-state index in [1.165, 1.54) is 20.1 Å². The number of anilines is 2. The molecule has 0 saturated heterocycles. The zero-order chi connectivity index (χ0) is 21.5. The van der Waals surface area contributed by atoms with Crippen LogP contribution in [0.15, 0.2) is 60.7 Å². The van der Waals surface area contributed by atoms with E-state index >= 15 is 0 Å². The Labute approximate surface area is 179 Å². The Kier molecular flexibility index (Phi) is 7.14. The number of hydrogen-bond donors (Lipinski definition) is 2. The Hall–Kier alpha value is -3.25. The molecule has 0 aromatic heterocycles. The first-order chi connectivity index (χ1) is 14.5. The van der Waals surface area contributed by atoms with Gasteiger partial charge in [0.1, 0.15) is 12.4 Å². The van der Waals surface area contributed by atoms with Crippen molar-refractivity contribution in [1.29, 1.82) is 0 Å².